The molecule has 0 bridgehead atoms. The number of ether oxygens (including phenoxy) is 1. The van der Waals surface area contributed by atoms with Gasteiger partial charge in [0.25, 0.3) is 5.91 Å². The summed E-state index contributed by atoms with van der Waals surface area (Å²) >= 11 is 3.09. The summed E-state index contributed by atoms with van der Waals surface area (Å²) in [6.45, 7) is 2.46. The molecule has 0 aromatic heterocycles. The SMILES string of the molecule is CCOc1ccc(C(=O)N/N=C\c2ccc(F)c(Br)c2)cc1. The highest BCUT2D eigenvalue weighted by atomic mass is 79.9. The van der Waals surface area contributed by atoms with Crippen LogP contribution >= 0.6 is 15.9 Å². The van der Waals surface area contributed by atoms with Crippen LogP contribution in [0.15, 0.2) is 52.0 Å². The first-order chi connectivity index (χ1) is 10.6. The van der Waals surface area contributed by atoms with Crippen molar-refractivity contribution in [1.29, 1.82) is 0 Å². The van der Waals surface area contributed by atoms with Gasteiger partial charge in [-0.15, -0.1) is 0 Å². The predicted octanol–water partition coefficient (Wildman–Crippen LogP) is 3.75. The third-order valence-corrected chi connectivity index (χ3v) is 3.36. The molecule has 22 heavy (non-hydrogen) atoms. The fourth-order valence-corrected chi connectivity index (χ4v) is 2.09. The van der Waals surface area contributed by atoms with Crippen LogP contribution in [0.25, 0.3) is 0 Å². The van der Waals surface area contributed by atoms with Gasteiger partial charge in [-0.3, -0.25) is 4.79 Å². The molecule has 6 heteroatoms. The van der Waals surface area contributed by atoms with Gasteiger partial charge in [0.1, 0.15) is 11.6 Å². The van der Waals surface area contributed by atoms with E-state index in [1.165, 1.54) is 12.3 Å². The van der Waals surface area contributed by atoms with E-state index < -0.39 is 0 Å². The van der Waals surface area contributed by atoms with E-state index in [2.05, 4.69) is 26.5 Å². The minimum atomic E-state index is -0.351. The maximum atomic E-state index is 13.1. The van der Waals surface area contributed by atoms with E-state index in [4.69, 9.17) is 4.74 Å². The van der Waals surface area contributed by atoms with Crippen LogP contribution in [0.4, 0.5) is 4.39 Å². The largest absolute Gasteiger partial charge is 0.494 e. The van der Waals surface area contributed by atoms with Gasteiger partial charge in [0.2, 0.25) is 0 Å². The van der Waals surface area contributed by atoms with Gasteiger partial charge < -0.3 is 4.74 Å². The van der Waals surface area contributed by atoms with Crippen molar-refractivity contribution in [2.45, 2.75) is 6.92 Å². The fourth-order valence-electron chi connectivity index (χ4n) is 1.69. The lowest BCUT2D eigenvalue weighted by Crippen LogP contribution is -2.17. The van der Waals surface area contributed by atoms with Crippen molar-refractivity contribution in [3.05, 3.63) is 63.9 Å². The Labute approximate surface area is 136 Å². The van der Waals surface area contributed by atoms with Crippen molar-refractivity contribution in [2.75, 3.05) is 6.61 Å². The second-order valence-corrected chi connectivity index (χ2v) is 5.18. The standard InChI is InChI=1S/C16H14BrFN2O2/c1-2-22-13-6-4-12(5-7-13)16(21)20-19-10-11-3-8-15(18)14(17)9-11/h3-10H,2H2,1H3,(H,20,21)/b19-10-. The zero-order valence-electron chi connectivity index (χ0n) is 11.8. The smallest absolute Gasteiger partial charge is 0.271 e. The molecule has 0 saturated heterocycles. The molecular weight excluding hydrogens is 351 g/mol. The third kappa shape index (κ3) is 4.39. The Morgan fingerprint density at radius 2 is 2.05 bits per heavy atom. The Bertz CT molecular complexity index is 687. The summed E-state index contributed by atoms with van der Waals surface area (Å²) in [4.78, 5) is 11.9. The number of hydrogen-bond donors (Lipinski definition) is 1. The monoisotopic (exact) mass is 364 g/mol. The Balaban J connectivity index is 1.96. The number of hydrazone groups is 1. The van der Waals surface area contributed by atoms with Crippen LogP contribution in [0.3, 0.4) is 0 Å². The average molecular weight is 365 g/mol. The summed E-state index contributed by atoms with van der Waals surface area (Å²) in [5.41, 5.74) is 3.55. The number of carbonyl (C=O) groups excluding carboxylic acids is 1. The van der Waals surface area contributed by atoms with Gasteiger partial charge >= 0.3 is 0 Å². The van der Waals surface area contributed by atoms with Gasteiger partial charge in [0.05, 0.1) is 17.3 Å². The zero-order valence-corrected chi connectivity index (χ0v) is 13.4. The Kier molecular flexibility index (Phi) is 5.66. The summed E-state index contributed by atoms with van der Waals surface area (Å²) < 4.78 is 18.7. The number of halogens is 2. The number of rotatable bonds is 5. The first-order valence-electron chi connectivity index (χ1n) is 6.61. The van der Waals surface area contributed by atoms with Crippen LogP contribution in [0.1, 0.15) is 22.8 Å². The number of nitrogens with zero attached hydrogens (tertiary/aromatic N) is 1. The van der Waals surface area contributed by atoms with Crippen molar-refractivity contribution < 1.29 is 13.9 Å². The molecule has 0 radical (unpaired) electrons. The lowest BCUT2D eigenvalue weighted by molar-refractivity contribution is 0.0955. The molecule has 0 heterocycles. The van der Waals surface area contributed by atoms with E-state index in [1.54, 1.807) is 36.4 Å². The van der Waals surface area contributed by atoms with E-state index in [0.717, 1.165) is 0 Å². The Morgan fingerprint density at radius 1 is 1.32 bits per heavy atom. The second-order valence-electron chi connectivity index (χ2n) is 4.33. The molecule has 0 aliphatic rings. The van der Waals surface area contributed by atoms with Gasteiger partial charge in [0.15, 0.2) is 0 Å². The molecule has 1 amide bonds. The molecule has 2 aromatic rings. The zero-order chi connectivity index (χ0) is 15.9. The van der Waals surface area contributed by atoms with Gasteiger partial charge in [-0.1, -0.05) is 6.07 Å². The Hall–Kier alpha value is -2.21. The van der Waals surface area contributed by atoms with Gasteiger partial charge in [-0.25, -0.2) is 9.82 Å². The van der Waals surface area contributed by atoms with E-state index in [1.807, 2.05) is 6.92 Å². The minimum absolute atomic E-state index is 0.333. The maximum Gasteiger partial charge on any atom is 0.271 e. The van der Waals surface area contributed by atoms with Crippen LogP contribution in [0.2, 0.25) is 0 Å². The van der Waals surface area contributed by atoms with Gasteiger partial charge in [-0.05, 0) is 64.8 Å². The highest BCUT2D eigenvalue weighted by molar-refractivity contribution is 9.10. The lowest BCUT2D eigenvalue weighted by Gasteiger charge is -2.04. The Morgan fingerprint density at radius 3 is 2.68 bits per heavy atom. The van der Waals surface area contributed by atoms with Crippen LogP contribution < -0.4 is 10.2 Å². The van der Waals surface area contributed by atoms with E-state index in [9.17, 15) is 9.18 Å². The molecule has 0 aliphatic heterocycles. The number of amides is 1. The van der Waals surface area contributed by atoms with Crippen molar-refractivity contribution in [1.82, 2.24) is 5.43 Å². The van der Waals surface area contributed by atoms with Crippen LogP contribution in [0, 0.1) is 5.82 Å². The van der Waals surface area contributed by atoms with Gasteiger partial charge in [-0.2, -0.15) is 5.10 Å². The number of benzene rings is 2. The molecular formula is C16H14BrFN2O2. The van der Waals surface area contributed by atoms with Crippen molar-refractivity contribution in [2.24, 2.45) is 5.10 Å². The summed E-state index contributed by atoms with van der Waals surface area (Å²) in [7, 11) is 0. The van der Waals surface area contributed by atoms with Crippen molar-refractivity contribution in [3.63, 3.8) is 0 Å². The first-order valence-corrected chi connectivity index (χ1v) is 7.40. The summed E-state index contributed by atoms with van der Waals surface area (Å²) in [5.74, 6) is 0.0229. The molecule has 0 fully saturated rings. The normalized spacial score (nSPS) is 10.7. The molecule has 2 aromatic carbocycles. The third-order valence-electron chi connectivity index (χ3n) is 2.75. The van der Waals surface area contributed by atoms with Gasteiger partial charge in [0, 0.05) is 5.56 Å². The number of hydrogen-bond acceptors (Lipinski definition) is 3. The number of carbonyl (C=O) groups is 1. The van der Waals surface area contributed by atoms with E-state index >= 15 is 0 Å². The molecule has 0 spiro atoms. The second kappa shape index (κ2) is 7.70. The summed E-state index contributed by atoms with van der Waals surface area (Å²) in [6.07, 6.45) is 1.44. The van der Waals surface area contributed by atoms with E-state index in [-0.39, 0.29) is 11.7 Å². The fraction of sp³-hybridized carbons (Fsp3) is 0.125. The van der Waals surface area contributed by atoms with Crippen molar-refractivity contribution in [3.8, 4) is 5.75 Å². The molecule has 0 unspecified atom stereocenters. The molecule has 4 nitrogen and oxygen atoms in total. The molecule has 0 aliphatic carbocycles. The predicted molar refractivity (Wildman–Crippen MR) is 86.8 cm³/mol. The quantitative estimate of drug-likeness (QED) is 0.648. The van der Waals surface area contributed by atoms with E-state index in [0.29, 0.717) is 28.0 Å². The molecule has 0 atom stereocenters. The lowest BCUT2D eigenvalue weighted by atomic mass is 10.2. The summed E-state index contributed by atoms with van der Waals surface area (Å²) in [6, 6.07) is 11.2. The molecule has 114 valence electrons. The summed E-state index contributed by atoms with van der Waals surface area (Å²) in [5, 5.41) is 3.85. The minimum Gasteiger partial charge on any atom is -0.494 e. The van der Waals surface area contributed by atoms with Crippen molar-refractivity contribution >= 4 is 28.1 Å². The van der Waals surface area contributed by atoms with Crippen LogP contribution in [0.5, 0.6) is 5.75 Å². The average Bonchev–Trinajstić information content (AvgIpc) is 2.52. The molecule has 1 N–H and O–H groups in total. The maximum absolute atomic E-state index is 13.1. The number of nitrogens with one attached hydrogen (secondary N) is 1. The topological polar surface area (TPSA) is 50.7 Å². The molecule has 0 saturated carbocycles. The van der Waals surface area contributed by atoms with Crippen LogP contribution in [-0.2, 0) is 0 Å². The first kappa shape index (κ1) is 16.2. The molecule has 2 rings (SSSR count). The van der Waals surface area contributed by atoms with Crippen LogP contribution in [-0.4, -0.2) is 18.7 Å². The highest BCUT2D eigenvalue weighted by Gasteiger charge is 2.04. The highest BCUT2D eigenvalue weighted by Crippen LogP contribution is 2.15.